The third kappa shape index (κ3) is 1.67. The normalized spacial score (nSPS) is 10.8. The van der Waals surface area contributed by atoms with Gasteiger partial charge in [-0.15, -0.1) is 0 Å². The molecule has 0 aliphatic rings. The lowest BCUT2D eigenvalue weighted by Crippen LogP contribution is -1.89. The van der Waals surface area contributed by atoms with E-state index < -0.39 is 0 Å². The van der Waals surface area contributed by atoms with Crippen LogP contribution in [-0.2, 0) is 0 Å². The first-order chi connectivity index (χ1) is 8.22. The number of nitrogens with two attached hydrogens (primary N) is 2. The van der Waals surface area contributed by atoms with E-state index in [0.717, 1.165) is 22.4 Å². The van der Waals surface area contributed by atoms with Crippen LogP contribution < -0.4 is 11.5 Å². The van der Waals surface area contributed by atoms with Crippen molar-refractivity contribution in [2.24, 2.45) is 0 Å². The van der Waals surface area contributed by atoms with E-state index in [9.17, 15) is 0 Å². The first-order valence-corrected chi connectivity index (χ1v) is 5.19. The van der Waals surface area contributed by atoms with Gasteiger partial charge in [0, 0.05) is 17.4 Å². The third-order valence-corrected chi connectivity index (χ3v) is 2.57. The zero-order valence-electron chi connectivity index (χ0n) is 9.01. The minimum Gasteiger partial charge on any atom is -0.399 e. The van der Waals surface area contributed by atoms with Crippen molar-refractivity contribution in [3.05, 3.63) is 36.5 Å². The molecule has 5 N–H and O–H groups in total. The van der Waals surface area contributed by atoms with Gasteiger partial charge in [-0.2, -0.15) is 0 Å². The Morgan fingerprint density at radius 1 is 1.06 bits per heavy atom. The monoisotopic (exact) mass is 225 g/mol. The van der Waals surface area contributed by atoms with Crippen LogP contribution >= 0.6 is 0 Å². The van der Waals surface area contributed by atoms with Crippen LogP contribution in [0.5, 0.6) is 0 Å². The maximum Gasteiger partial charge on any atom is 0.140 e. The summed E-state index contributed by atoms with van der Waals surface area (Å²) in [5.74, 6) is 1.26. The van der Waals surface area contributed by atoms with Crippen LogP contribution in [-0.4, -0.2) is 15.0 Å². The van der Waals surface area contributed by atoms with Gasteiger partial charge >= 0.3 is 0 Å². The zero-order chi connectivity index (χ0) is 11.8. The van der Waals surface area contributed by atoms with Gasteiger partial charge in [-0.05, 0) is 30.3 Å². The van der Waals surface area contributed by atoms with Gasteiger partial charge in [0.2, 0.25) is 0 Å². The summed E-state index contributed by atoms with van der Waals surface area (Å²) in [6.45, 7) is 0. The number of aromatic nitrogens is 3. The van der Waals surface area contributed by atoms with Crippen LogP contribution in [0.3, 0.4) is 0 Å². The smallest absolute Gasteiger partial charge is 0.140 e. The first-order valence-electron chi connectivity index (χ1n) is 5.19. The number of benzene rings is 1. The molecule has 0 saturated heterocycles. The fourth-order valence-electron chi connectivity index (χ4n) is 1.71. The van der Waals surface area contributed by atoms with Gasteiger partial charge in [0.25, 0.3) is 0 Å². The van der Waals surface area contributed by atoms with E-state index in [1.807, 2.05) is 24.3 Å². The number of imidazole rings is 1. The minimum atomic E-state index is 0.495. The van der Waals surface area contributed by atoms with Crippen LogP contribution in [0.2, 0.25) is 0 Å². The number of pyridine rings is 1. The topological polar surface area (TPSA) is 93.6 Å². The van der Waals surface area contributed by atoms with Crippen LogP contribution in [0.15, 0.2) is 36.5 Å². The standard InChI is InChI=1S/C12H11N5/c13-8-2-3-9-10(5-8)17-12(16-9)7-1-4-11(14)15-6-7/h1-6H,13H2,(H2,14,15)(H,16,17). The summed E-state index contributed by atoms with van der Waals surface area (Å²) in [7, 11) is 0. The van der Waals surface area contributed by atoms with Gasteiger partial charge < -0.3 is 16.5 Å². The summed E-state index contributed by atoms with van der Waals surface area (Å²) in [4.78, 5) is 11.7. The van der Waals surface area contributed by atoms with Crippen molar-refractivity contribution in [1.82, 2.24) is 15.0 Å². The number of anilines is 2. The van der Waals surface area contributed by atoms with Crippen molar-refractivity contribution in [2.45, 2.75) is 0 Å². The number of nitrogens with zero attached hydrogens (tertiary/aromatic N) is 2. The SMILES string of the molecule is Nc1ccc2nc(-c3ccc(N)nc3)[nH]c2c1. The molecule has 0 unspecified atom stereocenters. The highest BCUT2D eigenvalue weighted by Crippen LogP contribution is 2.21. The fraction of sp³-hybridized carbons (Fsp3) is 0. The molecule has 5 heteroatoms. The quantitative estimate of drug-likeness (QED) is 0.550. The Kier molecular flexibility index (Phi) is 1.98. The highest BCUT2D eigenvalue weighted by Gasteiger charge is 2.05. The first kappa shape index (κ1) is 9.65. The zero-order valence-corrected chi connectivity index (χ0v) is 9.01. The van der Waals surface area contributed by atoms with Gasteiger partial charge in [0.1, 0.15) is 11.6 Å². The molecule has 17 heavy (non-hydrogen) atoms. The summed E-state index contributed by atoms with van der Waals surface area (Å²) in [5, 5.41) is 0. The molecule has 0 fully saturated rings. The molecule has 0 saturated carbocycles. The average Bonchev–Trinajstić information content (AvgIpc) is 2.72. The highest BCUT2D eigenvalue weighted by molar-refractivity contribution is 5.82. The van der Waals surface area contributed by atoms with E-state index in [0.29, 0.717) is 11.5 Å². The Morgan fingerprint density at radius 2 is 1.94 bits per heavy atom. The molecule has 3 aromatic rings. The number of hydrogen-bond acceptors (Lipinski definition) is 4. The van der Waals surface area contributed by atoms with Crippen molar-refractivity contribution < 1.29 is 0 Å². The van der Waals surface area contributed by atoms with Crippen molar-refractivity contribution in [1.29, 1.82) is 0 Å². The number of rotatable bonds is 1. The molecule has 0 bridgehead atoms. The Hall–Kier alpha value is -2.56. The van der Waals surface area contributed by atoms with E-state index in [1.54, 1.807) is 12.3 Å². The lowest BCUT2D eigenvalue weighted by Gasteiger charge is -1.95. The Balaban J connectivity index is 2.14. The maximum atomic E-state index is 5.72. The maximum absolute atomic E-state index is 5.72. The molecule has 2 aromatic heterocycles. The second kappa shape index (κ2) is 3.48. The molecule has 84 valence electrons. The fourth-order valence-corrected chi connectivity index (χ4v) is 1.71. The number of nitrogen functional groups attached to an aromatic ring is 2. The van der Waals surface area contributed by atoms with Crippen LogP contribution in [0, 0.1) is 0 Å². The predicted octanol–water partition coefficient (Wildman–Crippen LogP) is 1.79. The van der Waals surface area contributed by atoms with E-state index in [4.69, 9.17) is 11.5 Å². The molecule has 1 aromatic carbocycles. The lowest BCUT2D eigenvalue weighted by molar-refractivity contribution is 1.28. The van der Waals surface area contributed by atoms with Crippen molar-refractivity contribution in [2.75, 3.05) is 11.5 Å². The van der Waals surface area contributed by atoms with E-state index in [2.05, 4.69) is 15.0 Å². The molecule has 5 nitrogen and oxygen atoms in total. The predicted molar refractivity (Wildman–Crippen MR) is 68.1 cm³/mol. The number of hydrogen-bond donors (Lipinski definition) is 3. The molecule has 0 atom stereocenters. The van der Waals surface area contributed by atoms with Gasteiger partial charge in [0.15, 0.2) is 0 Å². The Morgan fingerprint density at radius 3 is 2.71 bits per heavy atom. The van der Waals surface area contributed by atoms with Gasteiger partial charge in [-0.1, -0.05) is 0 Å². The number of H-pyrrole nitrogens is 1. The molecule has 0 aliphatic carbocycles. The molecule has 0 radical (unpaired) electrons. The molecule has 0 amide bonds. The molecular weight excluding hydrogens is 214 g/mol. The molecule has 2 heterocycles. The molecular formula is C12H11N5. The average molecular weight is 225 g/mol. The number of nitrogens with one attached hydrogen (secondary N) is 1. The minimum absolute atomic E-state index is 0.495. The third-order valence-electron chi connectivity index (χ3n) is 2.57. The van der Waals surface area contributed by atoms with Gasteiger partial charge in [-0.25, -0.2) is 9.97 Å². The summed E-state index contributed by atoms with van der Waals surface area (Å²) in [6, 6.07) is 9.19. The largest absolute Gasteiger partial charge is 0.399 e. The molecule has 0 aliphatic heterocycles. The summed E-state index contributed by atoms with van der Waals surface area (Å²) < 4.78 is 0. The Bertz CT molecular complexity index is 669. The number of fused-ring (bicyclic) bond motifs is 1. The van der Waals surface area contributed by atoms with Crippen LogP contribution in [0.1, 0.15) is 0 Å². The second-order valence-corrected chi connectivity index (χ2v) is 3.83. The Labute approximate surface area is 97.5 Å². The molecule has 0 spiro atoms. The van der Waals surface area contributed by atoms with Gasteiger partial charge in [0.05, 0.1) is 11.0 Å². The lowest BCUT2D eigenvalue weighted by atomic mass is 10.3. The van der Waals surface area contributed by atoms with E-state index >= 15 is 0 Å². The number of aromatic amines is 1. The molecule has 3 rings (SSSR count). The summed E-state index contributed by atoms with van der Waals surface area (Å²) in [5.41, 5.74) is 14.7. The highest BCUT2D eigenvalue weighted by atomic mass is 14.9. The van der Waals surface area contributed by atoms with Crippen molar-refractivity contribution >= 4 is 22.5 Å². The van der Waals surface area contributed by atoms with Crippen LogP contribution in [0.4, 0.5) is 11.5 Å². The summed E-state index contributed by atoms with van der Waals surface area (Å²) >= 11 is 0. The van der Waals surface area contributed by atoms with E-state index in [1.165, 1.54) is 0 Å². The summed E-state index contributed by atoms with van der Waals surface area (Å²) in [6.07, 6.45) is 1.69. The van der Waals surface area contributed by atoms with Crippen molar-refractivity contribution in [3.8, 4) is 11.4 Å². The van der Waals surface area contributed by atoms with Gasteiger partial charge in [-0.3, -0.25) is 0 Å². The van der Waals surface area contributed by atoms with Crippen LogP contribution in [0.25, 0.3) is 22.4 Å². The van der Waals surface area contributed by atoms with Crippen molar-refractivity contribution in [3.63, 3.8) is 0 Å². The second-order valence-electron chi connectivity index (χ2n) is 3.83. The van der Waals surface area contributed by atoms with E-state index in [-0.39, 0.29) is 0 Å².